The smallest absolute Gasteiger partial charge is 0.255 e. The zero-order chi connectivity index (χ0) is 13.1. The van der Waals surface area contributed by atoms with E-state index in [0.29, 0.717) is 11.3 Å². The summed E-state index contributed by atoms with van der Waals surface area (Å²) in [6.45, 7) is 3.89. The Kier molecular flexibility index (Phi) is 3.33. The van der Waals surface area contributed by atoms with Crippen molar-refractivity contribution in [3.63, 3.8) is 0 Å². The molecule has 3 heteroatoms. The topological polar surface area (TPSA) is 55.1 Å². The van der Waals surface area contributed by atoms with Gasteiger partial charge in [-0.25, -0.2) is 0 Å². The molecule has 0 bridgehead atoms. The molecule has 0 unspecified atom stereocenters. The number of carbonyl (C=O) groups excluding carboxylic acids is 1. The van der Waals surface area contributed by atoms with Crippen LogP contribution in [0.5, 0.6) is 0 Å². The third kappa shape index (κ3) is 2.69. The maximum Gasteiger partial charge on any atom is 0.255 e. The number of aryl methyl sites for hydroxylation is 2. The van der Waals surface area contributed by atoms with Crippen molar-refractivity contribution in [3.8, 4) is 0 Å². The van der Waals surface area contributed by atoms with E-state index in [1.54, 1.807) is 18.2 Å². The van der Waals surface area contributed by atoms with Gasteiger partial charge in [-0.2, -0.15) is 0 Å². The molecule has 0 heterocycles. The Morgan fingerprint density at radius 1 is 1.06 bits per heavy atom. The van der Waals surface area contributed by atoms with Crippen LogP contribution in [-0.4, -0.2) is 5.91 Å². The number of nitrogen functional groups attached to an aromatic ring is 1. The van der Waals surface area contributed by atoms with Crippen molar-refractivity contribution < 1.29 is 4.79 Å². The summed E-state index contributed by atoms with van der Waals surface area (Å²) in [7, 11) is 0. The van der Waals surface area contributed by atoms with Gasteiger partial charge in [-0.15, -0.1) is 0 Å². The highest BCUT2D eigenvalue weighted by molar-refractivity contribution is 6.05. The van der Waals surface area contributed by atoms with Crippen LogP contribution in [0.1, 0.15) is 21.5 Å². The van der Waals surface area contributed by atoms with E-state index in [4.69, 9.17) is 5.73 Å². The molecular formula is C15H16N2O. The van der Waals surface area contributed by atoms with Gasteiger partial charge >= 0.3 is 0 Å². The van der Waals surface area contributed by atoms with Gasteiger partial charge in [0.05, 0.1) is 0 Å². The molecule has 3 N–H and O–H groups in total. The van der Waals surface area contributed by atoms with Gasteiger partial charge in [0, 0.05) is 16.9 Å². The minimum atomic E-state index is -0.114. The molecule has 0 spiro atoms. The van der Waals surface area contributed by atoms with E-state index in [0.717, 1.165) is 16.8 Å². The van der Waals surface area contributed by atoms with Gasteiger partial charge in [-0.3, -0.25) is 4.79 Å². The van der Waals surface area contributed by atoms with Gasteiger partial charge in [0.2, 0.25) is 0 Å². The fourth-order valence-corrected chi connectivity index (χ4v) is 1.78. The maximum atomic E-state index is 12.1. The van der Waals surface area contributed by atoms with Crippen molar-refractivity contribution in [2.75, 3.05) is 11.1 Å². The molecule has 2 aromatic rings. The number of benzene rings is 2. The predicted molar refractivity (Wildman–Crippen MR) is 74.7 cm³/mol. The lowest BCUT2D eigenvalue weighted by Crippen LogP contribution is -2.13. The van der Waals surface area contributed by atoms with Gasteiger partial charge in [-0.05, 0) is 49.7 Å². The highest BCUT2D eigenvalue weighted by Gasteiger charge is 2.09. The van der Waals surface area contributed by atoms with E-state index in [9.17, 15) is 4.79 Å². The van der Waals surface area contributed by atoms with E-state index >= 15 is 0 Å². The molecular weight excluding hydrogens is 224 g/mol. The highest BCUT2D eigenvalue weighted by atomic mass is 16.1. The third-order valence-corrected chi connectivity index (χ3v) is 2.80. The number of hydrogen-bond donors (Lipinski definition) is 2. The second kappa shape index (κ2) is 4.92. The Morgan fingerprint density at radius 2 is 1.72 bits per heavy atom. The summed E-state index contributed by atoms with van der Waals surface area (Å²) < 4.78 is 0. The number of carbonyl (C=O) groups is 1. The van der Waals surface area contributed by atoms with Crippen molar-refractivity contribution in [1.82, 2.24) is 0 Å². The van der Waals surface area contributed by atoms with Crippen LogP contribution < -0.4 is 11.1 Å². The van der Waals surface area contributed by atoms with E-state index in [-0.39, 0.29) is 5.91 Å². The average molecular weight is 240 g/mol. The van der Waals surface area contributed by atoms with Gasteiger partial charge in [0.1, 0.15) is 0 Å². The minimum Gasteiger partial charge on any atom is -0.399 e. The van der Waals surface area contributed by atoms with E-state index in [1.165, 1.54) is 0 Å². The van der Waals surface area contributed by atoms with Crippen molar-refractivity contribution >= 4 is 17.3 Å². The van der Waals surface area contributed by atoms with Crippen LogP contribution >= 0.6 is 0 Å². The van der Waals surface area contributed by atoms with Crippen LogP contribution in [0.2, 0.25) is 0 Å². The second-order valence-corrected chi connectivity index (χ2v) is 4.39. The molecule has 0 saturated carbocycles. The first-order valence-corrected chi connectivity index (χ1v) is 5.80. The van der Waals surface area contributed by atoms with E-state index in [1.807, 2.05) is 38.1 Å². The normalized spacial score (nSPS) is 10.1. The van der Waals surface area contributed by atoms with Crippen LogP contribution in [0.4, 0.5) is 11.4 Å². The molecule has 92 valence electrons. The quantitative estimate of drug-likeness (QED) is 0.792. The van der Waals surface area contributed by atoms with Crippen LogP contribution in [0.3, 0.4) is 0 Å². The van der Waals surface area contributed by atoms with Crippen LogP contribution in [-0.2, 0) is 0 Å². The highest BCUT2D eigenvalue weighted by Crippen LogP contribution is 2.15. The van der Waals surface area contributed by atoms with Gasteiger partial charge in [0.15, 0.2) is 0 Å². The Morgan fingerprint density at radius 3 is 2.33 bits per heavy atom. The van der Waals surface area contributed by atoms with E-state index < -0.39 is 0 Å². The number of hydrogen-bond acceptors (Lipinski definition) is 2. The lowest BCUT2D eigenvalue weighted by atomic mass is 10.1. The fraction of sp³-hybridized carbons (Fsp3) is 0.133. The van der Waals surface area contributed by atoms with Crippen LogP contribution in [0.15, 0.2) is 42.5 Å². The summed E-state index contributed by atoms with van der Waals surface area (Å²) in [4.78, 5) is 12.1. The number of anilines is 2. The maximum absolute atomic E-state index is 12.1. The Bertz CT molecular complexity index is 574. The fourth-order valence-electron chi connectivity index (χ4n) is 1.78. The average Bonchev–Trinajstić information content (AvgIpc) is 2.32. The minimum absolute atomic E-state index is 0.114. The van der Waals surface area contributed by atoms with Crippen molar-refractivity contribution in [2.45, 2.75) is 13.8 Å². The summed E-state index contributed by atoms with van der Waals surface area (Å²) >= 11 is 0. The summed E-state index contributed by atoms with van der Waals surface area (Å²) in [6.07, 6.45) is 0. The van der Waals surface area contributed by atoms with Crippen LogP contribution in [0, 0.1) is 13.8 Å². The van der Waals surface area contributed by atoms with Crippen LogP contribution in [0.25, 0.3) is 0 Å². The van der Waals surface area contributed by atoms with Crippen molar-refractivity contribution in [3.05, 3.63) is 59.2 Å². The zero-order valence-electron chi connectivity index (χ0n) is 10.5. The summed E-state index contributed by atoms with van der Waals surface area (Å²) in [5.74, 6) is -0.114. The Labute approximate surface area is 107 Å². The first kappa shape index (κ1) is 12.2. The molecule has 0 aliphatic heterocycles. The number of amides is 1. The molecule has 2 rings (SSSR count). The monoisotopic (exact) mass is 240 g/mol. The molecule has 0 aliphatic carbocycles. The molecule has 0 fully saturated rings. The molecule has 1 amide bonds. The first-order chi connectivity index (χ1) is 8.56. The Balaban J connectivity index is 2.19. The number of rotatable bonds is 2. The molecule has 0 radical (unpaired) electrons. The summed E-state index contributed by atoms with van der Waals surface area (Å²) in [5, 5.41) is 2.87. The van der Waals surface area contributed by atoms with Crippen molar-refractivity contribution in [1.29, 1.82) is 0 Å². The molecule has 3 nitrogen and oxygen atoms in total. The SMILES string of the molecule is Cc1ccc(NC(=O)c2ccc(N)cc2C)cc1. The predicted octanol–water partition coefficient (Wildman–Crippen LogP) is 3.14. The molecule has 0 saturated heterocycles. The molecule has 0 aromatic heterocycles. The zero-order valence-corrected chi connectivity index (χ0v) is 10.5. The largest absolute Gasteiger partial charge is 0.399 e. The third-order valence-electron chi connectivity index (χ3n) is 2.80. The van der Waals surface area contributed by atoms with Gasteiger partial charge < -0.3 is 11.1 Å². The van der Waals surface area contributed by atoms with Gasteiger partial charge in [-0.1, -0.05) is 17.7 Å². The molecule has 18 heavy (non-hydrogen) atoms. The number of nitrogens with two attached hydrogens (primary N) is 1. The molecule has 0 atom stereocenters. The van der Waals surface area contributed by atoms with E-state index in [2.05, 4.69) is 5.32 Å². The van der Waals surface area contributed by atoms with Gasteiger partial charge in [0.25, 0.3) is 5.91 Å². The summed E-state index contributed by atoms with van der Waals surface area (Å²) in [5.41, 5.74) is 9.81. The standard InChI is InChI=1S/C15H16N2O/c1-10-3-6-13(7-4-10)17-15(18)14-8-5-12(16)9-11(14)2/h3-9H,16H2,1-2H3,(H,17,18). The number of nitrogens with one attached hydrogen (secondary N) is 1. The first-order valence-electron chi connectivity index (χ1n) is 5.80. The molecule has 0 aliphatic rings. The Hall–Kier alpha value is -2.29. The summed E-state index contributed by atoms with van der Waals surface area (Å²) in [6, 6.07) is 13.0. The lowest BCUT2D eigenvalue weighted by Gasteiger charge is -2.08. The van der Waals surface area contributed by atoms with Crippen molar-refractivity contribution in [2.24, 2.45) is 0 Å². The lowest BCUT2D eigenvalue weighted by molar-refractivity contribution is 0.102. The molecule has 2 aromatic carbocycles. The second-order valence-electron chi connectivity index (χ2n) is 4.39.